The van der Waals surface area contributed by atoms with Crippen LogP contribution in [0.5, 0.6) is 0 Å². The first-order valence-electron chi connectivity index (χ1n) is 7.57. The Kier molecular flexibility index (Phi) is 3.16. The molecule has 0 spiro atoms. The lowest BCUT2D eigenvalue weighted by atomic mass is 10.1. The van der Waals surface area contributed by atoms with Crippen molar-refractivity contribution in [2.24, 2.45) is 0 Å². The van der Waals surface area contributed by atoms with E-state index in [1.54, 1.807) is 17.1 Å². The number of nitrogens with zero attached hydrogens (tertiary/aromatic N) is 4. The lowest BCUT2D eigenvalue weighted by molar-refractivity contribution is 0.907. The molecule has 0 aliphatic rings. The number of pyridine rings is 2. The van der Waals surface area contributed by atoms with E-state index in [2.05, 4.69) is 15.1 Å². The van der Waals surface area contributed by atoms with Gasteiger partial charge < -0.3 is 11.5 Å². The van der Waals surface area contributed by atoms with Crippen LogP contribution in [0.2, 0.25) is 0 Å². The zero-order valence-corrected chi connectivity index (χ0v) is 13.1. The summed E-state index contributed by atoms with van der Waals surface area (Å²) >= 11 is 0. The molecule has 0 bridgehead atoms. The number of aromatic nitrogens is 4. The Balaban J connectivity index is 2.08. The van der Waals surface area contributed by atoms with Gasteiger partial charge in [0.15, 0.2) is 5.82 Å². The third-order valence-corrected chi connectivity index (χ3v) is 4.04. The number of para-hydroxylation sites is 1. The van der Waals surface area contributed by atoms with Gasteiger partial charge in [0.2, 0.25) is 0 Å². The van der Waals surface area contributed by atoms with Gasteiger partial charge in [-0.3, -0.25) is 4.98 Å². The molecule has 3 heterocycles. The Labute approximate surface area is 138 Å². The quantitative estimate of drug-likeness (QED) is 0.593. The van der Waals surface area contributed by atoms with Crippen molar-refractivity contribution < 1.29 is 0 Å². The lowest BCUT2D eigenvalue weighted by Crippen LogP contribution is -2.02. The van der Waals surface area contributed by atoms with Crippen LogP contribution in [-0.2, 0) is 0 Å². The van der Waals surface area contributed by atoms with E-state index in [9.17, 15) is 0 Å². The van der Waals surface area contributed by atoms with Crippen LogP contribution in [0.25, 0.3) is 27.8 Å². The molecule has 4 N–H and O–H groups in total. The highest BCUT2D eigenvalue weighted by molar-refractivity contribution is 6.05. The maximum atomic E-state index is 6.23. The van der Waals surface area contributed by atoms with Crippen LogP contribution < -0.4 is 11.5 Å². The van der Waals surface area contributed by atoms with E-state index < -0.39 is 0 Å². The fourth-order valence-electron chi connectivity index (χ4n) is 2.89. The van der Waals surface area contributed by atoms with Crippen molar-refractivity contribution in [1.82, 2.24) is 19.7 Å². The molecule has 0 fully saturated rings. The lowest BCUT2D eigenvalue weighted by Gasteiger charge is -2.09. The van der Waals surface area contributed by atoms with Crippen molar-refractivity contribution >= 4 is 22.5 Å². The average molecular weight is 316 g/mol. The number of rotatable bonds is 2. The Morgan fingerprint density at radius 2 is 1.71 bits per heavy atom. The highest BCUT2D eigenvalue weighted by atomic mass is 15.3. The van der Waals surface area contributed by atoms with E-state index in [1.807, 2.05) is 49.4 Å². The molecule has 0 radical (unpaired) electrons. The topological polar surface area (TPSA) is 95.6 Å². The molecule has 3 aromatic heterocycles. The molecule has 4 rings (SSSR count). The SMILES string of the molecule is Cc1ccccc1-n1nc(N)c2c(-c3ccccn3)cnc(N)c21. The number of fused-ring (bicyclic) bond motifs is 1. The fraction of sp³-hybridized carbons (Fsp3) is 0.0556. The number of nitrogen functional groups attached to an aromatic ring is 2. The second-order valence-electron chi connectivity index (χ2n) is 5.58. The van der Waals surface area contributed by atoms with E-state index in [0.717, 1.165) is 27.9 Å². The van der Waals surface area contributed by atoms with Gasteiger partial charge in [0.1, 0.15) is 11.3 Å². The molecule has 0 amide bonds. The van der Waals surface area contributed by atoms with E-state index in [4.69, 9.17) is 11.5 Å². The molecule has 6 heteroatoms. The summed E-state index contributed by atoms with van der Waals surface area (Å²) in [6, 6.07) is 13.6. The molecule has 1 aromatic carbocycles. The molecule has 0 saturated carbocycles. The van der Waals surface area contributed by atoms with Crippen LogP contribution in [0.15, 0.2) is 54.9 Å². The first kappa shape index (κ1) is 14.2. The molecule has 6 nitrogen and oxygen atoms in total. The van der Waals surface area contributed by atoms with E-state index in [-0.39, 0.29) is 0 Å². The second-order valence-corrected chi connectivity index (χ2v) is 5.58. The maximum Gasteiger partial charge on any atom is 0.154 e. The van der Waals surface area contributed by atoms with Gasteiger partial charge >= 0.3 is 0 Å². The normalized spacial score (nSPS) is 11.0. The third kappa shape index (κ3) is 2.08. The van der Waals surface area contributed by atoms with Crippen molar-refractivity contribution in [3.05, 3.63) is 60.4 Å². The number of anilines is 2. The molecule has 118 valence electrons. The maximum absolute atomic E-state index is 6.23. The first-order chi connectivity index (χ1) is 11.7. The molecule has 0 aliphatic carbocycles. The van der Waals surface area contributed by atoms with Crippen LogP contribution in [0.4, 0.5) is 11.6 Å². The van der Waals surface area contributed by atoms with Crippen molar-refractivity contribution in [3.8, 4) is 16.9 Å². The van der Waals surface area contributed by atoms with Crippen LogP contribution in [-0.4, -0.2) is 19.7 Å². The summed E-state index contributed by atoms with van der Waals surface area (Å²) in [4.78, 5) is 8.73. The van der Waals surface area contributed by atoms with E-state index >= 15 is 0 Å². The number of hydrogen-bond donors (Lipinski definition) is 2. The van der Waals surface area contributed by atoms with Gasteiger partial charge in [-0.05, 0) is 30.7 Å². The highest BCUT2D eigenvalue weighted by Crippen LogP contribution is 2.35. The summed E-state index contributed by atoms with van der Waals surface area (Å²) < 4.78 is 1.76. The predicted molar refractivity (Wildman–Crippen MR) is 95.7 cm³/mol. The van der Waals surface area contributed by atoms with E-state index in [0.29, 0.717) is 17.2 Å². The van der Waals surface area contributed by atoms with Crippen LogP contribution in [0, 0.1) is 6.92 Å². The Morgan fingerprint density at radius 3 is 2.46 bits per heavy atom. The van der Waals surface area contributed by atoms with Gasteiger partial charge in [0.25, 0.3) is 0 Å². The molecule has 24 heavy (non-hydrogen) atoms. The Morgan fingerprint density at radius 1 is 0.917 bits per heavy atom. The number of benzene rings is 1. The smallest absolute Gasteiger partial charge is 0.154 e. The van der Waals surface area contributed by atoms with Gasteiger partial charge in [-0.2, -0.15) is 0 Å². The third-order valence-electron chi connectivity index (χ3n) is 4.04. The minimum atomic E-state index is 0.386. The zero-order valence-electron chi connectivity index (χ0n) is 13.1. The van der Waals surface area contributed by atoms with Gasteiger partial charge in [-0.15, -0.1) is 5.10 Å². The van der Waals surface area contributed by atoms with Crippen molar-refractivity contribution in [2.75, 3.05) is 11.5 Å². The van der Waals surface area contributed by atoms with Crippen LogP contribution in [0.3, 0.4) is 0 Å². The minimum Gasteiger partial charge on any atom is -0.382 e. The highest BCUT2D eigenvalue weighted by Gasteiger charge is 2.19. The number of nitrogens with two attached hydrogens (primary N) is 2. The van der Waals surface area contributed by atoms with Crippen molar-refractivity contribution in [3.63, 3.8) is 0 Å². The Hall–Kier alpha value is -3.41. The Bertz CT molecular complexity index is 1040. The van der Waals surface area contributed by atoms with Gasteiger partial charge in [0, 0.05) is 18.0 Å². The molecule has 0 unspecified atom stereocenters. The van der Waals surface area contributed by atoms with Gasteiger partial charge in [-0.25, -0.2) is 9.67 Å². The first-order valence-corrected chi connectivity index (χ1v) is 7.57. The van der Waals surface area contributed by atoms with Crippen molar-refractivity contribution in [1.29, 1.82) is 0 Å². The largest absolute Gasteiger partial charge is 0.382 e. The summed E-state index contributed by atoms with van der Waals surface area (Å²) in [5, 5.41) is 5.28. The van der Waals surface area contributed by atoms with Crippen LogP contribution in [0.1, 0.15) is 5.56 Å². The second kappa shape index (κ2) is 5.34. The van der Waals surface area contributed by atoms with Gasteiger partial charge in [0.05, 0.1) is 16.8 Å². The summed E-state index contributed by atoms with van der Waals surface area (Å²) in [7, 11) is 0. The monoisotopic (exact) mass is 316 g/mol. The number of hydrogen-bond acceptors (Lipinski definition) is 5. The van der Waals surface area contributed by atoms with Gasteiger partial charge in [-0.1, -0.05) is 24.3 Å². The minimum absolute atomic E-state index is 0.386. The average Bonchev–Trinajstić information content (AvgIpc) is 2.95. The summed E-state index contributed by atoms with van der Waals surface area (Å²) in [5.41, 5.74) is 16.7. The summed E-state index contributed by atoms with van der Waals surface area (Å²) in [6.45, 7) is 2.02. The van der Waals surface area contributed by atoms with Crippen molar-refractivity contribution in [2.45, 2.75) is 6.92 Å². The molecule has 0 atom stereocenters. The molecular weight excluding hydrogens is 300 g/mol. The summed E-state index contributed by atoms with van der Waals surface area (Å²) in [5.74, 6) is 0.792. The zero-order chi connectivity index (χ0) is 16.7. The molecule has 4 aromatic rings. The fourth-order valence-corrected chi connectivity index (χ4v) is 2.89. The summed E-state index contributed by atoms with van der Waals surface area (Å²) in [6.07, 6.45) is 3.43. The molecule has 0 saturated heterocycles. The molecular formula is C18H16N6. The van der Waals surface area contributed by atoms with Crippen LogP contribution >= 0.6 is 0 Å². The number of aryl methyl sites for hydroxylation is 1. The standard InChI is InChI=1S/C18H16N6/c1-11-6-2-3-8-14(11)24-16-15(17(19)23-24)12(10-22-18(16)20)13-7-4-5-9-21-13/h2-10H,1H3,(H2,19,23)(H2,20,22). The van der Waals surface area contributed by atoms with E-state index in [1.165, 1.54) is 0 Å². The molecule has 0 aliphatic heterocycles. The predicted octanol–water partition coefficient (Wildman–Crippen LogP) is 2.96.